The van der Waals surface area contributed by atoms with Crippen LogP contribution in [0, 0.1) is 0 Å². The summed E-state index contributed by atoms with van der Waals surface area (Å²) in [6.45, 7) is 0.438. The van der Waals surface area contributed by atoms with E-state index in [1.165, 1.54) is 11.3 Å². The van der Waals surface area contributed by atoms with Crippen LogP contribution >= 0.6 is 34.5 Å². The van der Waals surface area contributed by atoms with Crippen LogP contribution in [0.4, 0.5) is 0 Å². The van der Waals surface area contributed by atoms with Gasteiger partial charge in [-0.05, 0) is 12.1 Å². The van der Waals surface area contributed by atoms with Gasteiger partial charge in [-0.3, -0.25) is 0 Å². The van der Waals surface area contributed by atoms with E-state index in [9.17, 15) is 0 Å². The molecule has 0 fully saturated rings. The molecule has 0 amide bonds. The van der Waals surface area contributed by atoms with Crippen LogP contribution in [0.3, 0.4) is 0 Å². The summed E-state index contributed by atoms with van der Waals surface area (Å²) < 4.78 is 0.984. The molecule has 0 saturated heterocycles. The zero-order chi connectivity index (χ0) is 9.42. The maximum atomic E-state index is 5.95. The highest BCUT2D eigenvalue weighted by Crippen LogP contribution is 2.31. The van der Waals surface area contributed by atoms with Crippen LogP contribution < -0.4 is 5.73 Å². The topological polar surface area (TPSA) is 38.9 Å². The lowest BCUT2D eigenvalue weighted by Gasteiger charge is -1.92. The molecule has 0 aliphatic heterocycles. The molecular weight excluding hydrogens is 227 g/mol. The third-order valence-corrected chi connectivity index (χ3v) is 3.16. The molecule has 2 rings (SSSR count). The highest BCUT2D eigenvalue weighted by Gasteiger charge is 2.07. The molecule has 0 saturated carbocycles. The Hall–Kier alpha value is -0.350. The third kappa shape index (κ3) is 1.65. The van der Waals surface area contributed by atoms with E-state index in [4.69, 9.17) is 28.9 Å². The zero-order valence-corrected chi connectivity index (χ0v) is 8.88. The van der Waals surface area contributed by atoms with Crippen LogP contribution in [-0.2, 0) is 6.54 Å². The van der Waals surface area contributed by atoms with Gasteiger partial charge in [-0.15, -0.1) is 11.3 Å². The molecule has 13 heavy (non-hydrogen) atoms. The Labute approximate surface area is 89.3 Å². The Morgan fingerprint density at radius 1 is 1.38 bits per heavy atom. The van der Waals surface area contributed by atoms with Gasteiger partial charge in [-0.1, -0.05) is 23.2 Å². The van der Waals surface area contributed by atoms with Gasteiger partial charge in [0.25, 0.3) is 0 Å². The fraction of sp³-hybridized carbons (Fsp3) is 0.125. The van der Waals surface area contributed by atoms with Crippen molar-refractivity contribution in [3.8, 4) is 0 Å². The molecule has 0 unspecified atom stereocenters. The van der Waals surface area contributed by atoms with Gasteiger partial charge in [-0.25, -0.2) is 4.98 Å². The van der Waals surface area contributed by atoms with Gasteiger partial charge in [0, 0.05) is 11.6 Å². The summed E-state index contributed by atoms with van der Waals surface area (Å²) in [6, 6.07) is 3.53. The summed E-state index contributed by atoms with van der Waals surface area (Å²) >= 11 is 13.3. The summed E-state index contributed by atoms with van der Waals surface area (Å²) in [6.07, 6.45) is 0. The molecule has 0 bridgehead atoms. The number of benzene rings is 1. The summed E-state index contributed by atoms with van der Waals surface area (Å²) in [7, 11) is 0. The Morgan fingerprint density at radius 2 is 2.15 bits per heavy atom. The fourth-order valence-electron chi connectivity index (χ4n) is 1.09. The third-order valence-electron chi connectivity index (χ3n) is 1.63. The molecule has 68 valence electrons. The molecular formula is C8H6Cl2N2S. The monoisotopic (exact) mass is 232 g/mol. The number of thiazole rings is 1. The SMILES string of the molecule is NCc1nc2c(Cl)cc(Cl)cc2s1. The van der Waals surface area contributed by atoms with Crippen molar-refractivity contribution in [3.05, 3.63) is 27.2 Å². The minimum atomic E-state index is 0.438. The Kier molecular flexibility index (Phi) is 2.43. The average Bonchev–Trinajstić information content (AvgIpc) is 2.47. The molecule has 2 N–H and O–H groups in total. The van der Waals surface area contributed by atoms with Crippen LogP contribution in [0.25, 0.3) is 10.2 Å². The number of rotatable bonds is 1. The number of nitrogens with zero attached hydrogens (tertiary/aromatic N) is 1. The summed E-state index contributed by atoms with van der Waals surface area (Å²) in [5.41, 5.74) is 6.26. The lowest BCUT2D eigenvalue weighted by atomic mass is 10.3. The van der Waals surface area contributed by atoms with E-state index in [0.717, 1.165) is 15.2 Å². The fourth-order valence-corrected chi connectivity index (χ4v) is 2.66. The van der Waals surface area contributed by atoms with Crippen molar-refractivity contribution in [2.75, 3.05) is 0 Å². The van der Waals surface area contributed by atoms with E-state index < -0.39 is 0 Å². The minimum absolute atomic E-state index is 0.438. The molecule has 0 aliphatic carbocycles. The normalized spacial score (nSPS) is 11.0. The Morgan fingerprint density at radius 3 is 2.85 bits per heavy atom. The average molecular weight is 233 g/mol. The van der Waals surface area contributed by atoms with Crippen LogP contribution in [0.15, 0.2) is 12.1 Å². The van der Waals surface area contributed by atoms with Crippen molar-refractivity contribution in [2.24, 2.45) is 5.73 Å². The smallest absolute Gasteiger partial charge is 0.107 e. The second-order valence-electron chi connectivity index (χ2n) is 2.55. The van der Waals surface area contributed by atoms with Crippen molar-refractivity contribution >= 4 is 44.8 Å². The first-order chi connectivity index (χ1) is 6.20. The highest BCUT2D eigenvalue weighted by molar-refractivity contribution is 7.18. The van der Waals surface area contributed by atoms with Crippen LogP contribution in [0.1, 0.15) is 5.01 Å². The zero-order valence-electron chi connectivity index (χ0n) is 6.55. The molecule has 2 aromatic rings. The summed E-state index contributed by atoms with van der Waals surface area (Å²) in [5.74, 6) is 0. The van der Waals surface area contributed by atoms with Gasteiger partial charge >= 0.3 is 0 Å². The number of halogens is 2. The van der Waals surface area contributed by atoms with E-state index in [2.05, 4.69) is 4.98 Å². The first-order valence-electron chi connectivity index (χ1n) is 3.65. The van der Waals surface area contributed by atoms with Crippen molar-refractivity contribution in [2.45, 2.75) is 6.54 Å². The molecule has 0 aliphatic rings. The summed E-state index contributed by atoms with van der Waals surface area (Å²) in [5, 5.41) is 2.09. The van der Waals surface area contributed by atoms with Crippen molar-refractivity contribution in [1.82, 2.24) is 4.98 Å². The first-order valence-corrected chi connectivity index (χ1v) is 5.22. The van der Waals surface area contributed by atoms with Crippen molar-refractivity contribution in [1.29, 1.82) is 0 Å². The first kappa shape index (κ1) is 9.21. The van der Waals surface area contributed by atoms with E-state index in [0.29, 0.717) is 16.6 Å². The highest BCUT2D eigenvalue weighted by atomic mass is 35.5. The largest absolute Gasteiger partial charge is 0.325 e. The van der Waals surface area contributed by atoms with E-state index >= 15 is 0 Å². The van der Waals surface area contributed by atoms with Crippen LogP contribution in [0.5, 0.6) is 0 Å². The van der Waals surface area contributed by atoms with Crippen LogP contribution in [0.2, 0.25) is 10.0 Å². The predicted octanol–water partition coefficient (Wildman–Crippen LogP) is 3.06. The number of aromatic nitrogens is 1. The van der Waals surface area contributed by atoms with Crippen molar-refractivity contribution in [3.63, 3.8) is 0 Å². The maximum absolute atomic E-state index is 5.95. The molecule has 0 radical (unpaired) electrons. The van der Waals surface area contributed by atoms with Gasteiger partial charge in [0.1, 0.15) is 10.5 Å². The Balaban J connectivity index is 2.75. The summed E-state index contributed by atoms with van der Waals surface area (Å²) in [4.78, 5) is 4.27. The van der Waals surface area contributed by atoms with Gasteiger partial charge in [0.2, 0.25) is 0 Å². The minimum Gasteiger partial charge on any atom is -0.325 e. The number of hydrogen-bond donors (Lipinski definition) is 1. The van der Waals surface area contributed by atoms with Gasteiger partial charge in [-0.2, -0.15) is 0 Å². The standard InChI is InChI=1S/C8H6Cl2N2S/c9-4-1-5(10)8-6(2-4)13-7(3-11)12-8/h1-2H,3,11H2. The number of hydrogen-bond acceptors (Lipinski definition) is 3. The molecule has 0 spiro atoms. The number of fused-ring (bicyclic) bond motifs is 1. The molecule has 1 aromatic carbocycles. The van der Waals surface area contributed by atoms with E-state index in [1.807, 2.05) is 6.07 Å². The molecule has 1 heterocycles. The second kappa shape index (κ2) is 3.42. The van der Waals surface area contributed by atoms with Gasteiger partial charge in [0.05, 0.1) is 9.72 Å². The van der Waals surface area contributed by atoms with Gasteiger partial charge in [0.15, 0.2) is 0 Å². The van der Waals surface area contributed by atoms with Crippen LogP contribution in [-0.4, -0.2) is 4.98 Å². The van der Waals surface area contributed by atoms with Gasteiger partial charge < -0.3 is 5.73 Å². The molecule has 0 atom stereocenters. The Bertz CT molecular complexity index is 453. The molecule has 5 heteroatoms. The van der Waals surface area contributed by atoms with E-state index in [-0.39, 0.29) is 0 Å². The number of nitrogens with two attached hydrogens (primary N) is 1. The van der Waals surface area contributed by atoms with Crippen molar-refractivity contribution < 1.29 is 0 Å². The quantitative estimate of drug-likeness (QED) is 0.822. The lowest BCUT2D eigenvalue weighted by Crippen LogP contribution is -1.93. The molecule has 1 aromatic heterocycles. The second-order valence-corrected chi connectivity index (χ2v) is 4.50. The maximum Gasteiger partial charge on any atom is 0.107 e. The predicted molar refractivity (Wildman–Crippen MR) is 57.5 cm³/mol. The van der Waals surface area contributed by atoms with E-state index in [1.54, 1.807) is 6.07 Å². The molecule has 2 nitrogen and oxygen atoms in total. The lowest BCUT2D eigenvalue weighted by molar-refractivity contribution is 1.05.